The summed E-state index contributed by atoms with van der Waals surface area (Å²) in [6, 6.07) is 7.63. The van der Waals surface area contributed by atoms with Crippen molar-refractivity contribution in [1.82, 2.24) is 0 Å². The third-order valence-corrected chi connectivity index (χ3v) is 4.72. The molecule has 2 rings (SSSR count). The van der Waals surface area contributed by atoms with Crippen molar-refractivity contribution >= 4 is 29.3 Å². The molecule has 0 saturated heterocycles. The van der Waals surface area contributed by atoms with Crippen LogP contribution in [0.25, 0.3) is 0 Å². The van der Waals surface area contributed by atoms with Crippen LogP contribution >= 0.6 is 11.8 Å². The maximum Gasteiger partial charge on any atom is 0.306 e. The van der Waals surface area contributed by atoms with E-state index in [9.17, 15) is 9.59 Å². The van der Waals surface area contributed by atoms with E-state index in [1.54, 1.807) is 11.8 Å². The Morgan fingerprint density at radius 3 is 2.71 bits per heavy atom. The number of hydrogen-bond acceptors (Lipinski definition) is 3. The molecule has 21 heavy (non-hydrogen) atoms. The van der Waals surface area contributed by atoms with Crippen LogP contribution in [0.1, 0.15) is 19.3 Å². The van der Waals surface area contributed by atoms with Crippen molar-refractivity contribution in [3.8, 4) is 0 Å². The van der Waals surface area contributed by atoms with Gasteiger partial charge in [-0.2, -0.15) is 0 Å². The van der Waals surface area contributed by atoms with E-state index in [-0.39, 0.29) is 17.7 Å². The first-order valence-corrected chi connectivity index (χ1v) is 7.96. The fraction of sp³-hybridized carbons (Fsp3) is 0.375. The molecule has 0 bridgehead atoms. The molecule has 2 N–H and O–H groups in total. The van der Waals surface area contributed by atoms with Gasteiger partial charge in [0.05, 0.1) is 11.6 Å². The lowest BCUT2D eigenvalue weighted by molar-refractivity contribution is -0.141. The Bertz CT molecular complexity index is 544. The second-order valence-electron chi connectivity index (χ2n) is 5.13. The van der Waals surface area contributed by atoms with Crippen LogP contribution in [0, 0.1) is 11.8 Å². The second kappa shape index (κ2) is 7.31. The molecule has 1 aliphatic carbocycles. The summed E-state index contributed by atoms with van der Waals surface area (Å²) in [7, 11) is 0. The summed E-state index contributed by atoms with van der Waals surface area (Å²) < 4.78 is 0. The van der Waals surface area contributed by atoms with Gasteiger partial charge in [-0.05, 0) is 31.4 Å². The van der Waals surface area contributed by atoms with Crippen LogP contribution in [0.4, 0.5) is 5.69 Å². The van der Waals surface area contributed by atoms with Crippen LogP contribution < -0.4 is 5.32 Å². The third kappa shape index (κ3) is 4.11. The lowest BCUT2D eigenvalue weighted by Crippen LogP contribution is -2.22. The van der Waals surface area contributed by atoms with E-state index in [0.29, 0.717) is 19.3 Å². The van der Waals surface area contributed by atoms with Crippen LogP contribution in [0.2, 0.25) is 0 Å². The molecule has 0 aliphatic heterocycles. The van der Waals surface area contributed by atoms with Crippen LogP contribution in [-0.2, 0) is 9.59 Å². The Morgan fingerprint density at radius 2 is 2.05 bits per heavy atom. The molecule has 2 atom stereocenters. The number of benzene rings is 1. The van der Waals surface area contributed by atoms with Crippen molar-refractivity contribution in [2.24, 2.45) is 11.8 Å². The average Bonchev–Trinajstić information content (AvgIpc) is 2.96. The van der Waals surface area contributed by atoms with Crippen LogP contribution in [0.15, 0.2) is 41.8 Å². The fourth-order valence-corrected chi connectivity index (χ4v) is 3.27. The molecule has 1 fully saturated rings. The zero-order chi connectivity index (χ0) is 15.2. The molecule has 5 heteroatoms. The zero-order valence-electron chi connectivity index (χ0n) is 11.7. The van der Waals surface area contributed by atoms with E-state index in [1.807, 2.05) is 30.3 Å². The number of carbonyl (C=O) groups is 2. The topological polar surface area (TPSA) is 66.4 Å². The van der Waals surface area contributed by atoms with Gasteiger partial charge in [0.15, 0.2) is 0 Å². The van der Waals surface area contributed by atoms with Crippen LogP contribution in [0.3, 0.4) is 0 Å². The summed E-state index contributed by atoms with van der Waals surface area (Å²) in [4.78, 5) is 24.2. The fourth-order valence-electron chi connectivity index (χ4n) is 2.52. The van der Waals surface area contributed by atoms with Crippen LogP contribution in [0.5, 0.6) is 0 Å². The Morgan fingerprint density at radius 1 is 1.33 bits per heavy atom. The van der Waals surface area contributed by atoms with Crippen LogP contribution in [-0.4, -0.2) is 22.7 Å². The van der Waals surface area contributed by atoms with Gasteiger partial charge in [0, 0.05) is 16.6 Å². The first-order chi connectivity index (χ1) is 10.1. The number of carbonyl (C=O) groups excluding carboxylic acids is 1. The molecule has 0 unspecified atom stereocenters. The highest BCUT2D eigenvalue weighted by Crippen LogP contribution is 2.33. The highest BCUT2D eigenvalue weighted by atomic mass is 32.2. The molecule has 1 saturated carbocycles. The van der Waals surface area contributed by atoms with Gasteiger partial charge < -0.3 is 10.4 Å². The predicted octanol–water partition coefficient (Wildman–Crippen LogP) is 3.40. The standard InChI is InChI=1S/C16H19NO3S/c1-2-9-21-14-6-4-3-5-13(14)17-15(18)11-7-8-12(10-11)16(19)20/h2-6,11-12H,1,7-10H2,(H,17,18)(H,19,20)/t11-,12+/m1/s1. The number of aliphatic carboxylic acids is 1. The lowest BCUT2D eigenvalue weighted by atomic mass is 10.0. The number of thioether (sulfide) groups is 1. The molecular weight excluding hydrogens is 286 g/mol. The van der Waals surface area contributed by atoms with Gasteiger partial charge >= 0.3 is 5.97 Å². The summed E-state index contributed by atoms with van der Waals surface area (Å²) in [5.41, 5.74) is 0.785. The molecule has 0 spiro atoms. The van der Waals surface area contributed by atoms with Gasteiger partial charge in [-0.25, -0.2) is 0 Å². The summed E-state index contributed by atoms with van der Waals surface area (Å²) in [6.07, 6.45) is 3.48. The van der Waals surface area contributed by atoms with Gasteiger partial charge in [0.1, 0.15) is 0 Å². The molecule has 1 aliphatic rings. The molecule has 112 valence electrons. The third-order valence-electron chi connectivity index (χ3n) is 3.65. The van der Waals surface area contributed by atoms with Gasteiger partial charge in [-0.1, -0.05) is 18.2 Å². The molecule has 0 heterocycles. The molecular formula is C16H19NO3S. The minimum atomic E-state index is -0.799. The summed E-state index contributed by atoms with van der Waals surface area (Å²) in [5, 5.41) is 11.9. The van der Waals surface area contributed by atoms with Crippen molar-refractivity contribution in [3.05, 3.63) is 36.9 Å². The Kier molecular flexibility index (Phi) is 5.44. The van der Waals surface area contributed by atoms with E-state index in [0.717, 1.165) is 16.3 Å². The van der Waals surface area contributed by atoms with Gasteiger partial charge in [-0.15, -0.1) is 18.3 Å². The quantitative estimate of drug-likeness (QED) is 0.624. The summed E-state index contributed by atoms with van der Waals surface area (Å²) in [6.45, 7) is 3.69. The summed E-state index contributed by atoms with van der Waals surface area (Å²) in [5.74, 6) is -0.690. The number of anilines is 1. The first-order valence-electron chi connectivity index (χ1n) is 6.98. The number of carboxylic acids is 1. The molecule has 1 aromatic rings. The van der Waals surface area contributed by atoms with Crippen molar-refractivity contribution in [2.45, 2.75) is 24.2 Å². The minimum Gasteiger partial charge on any atom is -0.481 e. The van der Waals surface area contributed by atoms with Gasteiger partial charge in [0.2, 0.25) is 5.91 Å². The highest BCUT2D eigenvalue weighted by Gasteiger charge is 2.33. The predicted molar refractivity (Wildman–Crippen MR) is 84.5 cm³/mol. The minimum absolute atomic E-state index is 0.0783. The summed E-state index contributed by atoms with van der Waals surface area (Å²) >= 11 is 1.61. The Labute approximate surface area is 128 Å². The lowest BCUT2D eigenvalue weighted by Gasteiger charge is -2.13. The maximum atomic E-state index is 12.3. The van der Waals surface area contributed by atoms with Crippen molar-refractivity contribution < 1.29 is 14.7 Å². The van der Waals surface area contributed by atoms with E-state index < -0.39 is 5.97 Å². The number of nitrogens with one attached hydrogen (secondary N) is 1. The number of rotatable bonds is 6. The SMILES string of the molecule is C=CCSc1ccccc1NC(=O)[C@@H]1CC[C@H](C(=O)O)C1. The van der Waals surface area contributed by atoms with E-state index >= 15 is 0 Å². The largest absolute Gasteiger partial charge is 0.481 e. The smallest absolute Gasteiger partial charge is 0.306 e. The van der Waals surface area contributed by atoms with Gasteiger partial charge in [-0.3, -0.25) is 9.59 Å². The number of hydrogen-bond donors (Lipinski definition) is 2. The molecule has 4 nitrogen and oxygen atoms in total. The van der Waals surface area contributed by atoms with E-state index in [1.165, 1.54) is 0 Å². The number of carboxylic acid groups (broad SMARTS) is 1. The first kappa shape index (κ1) is 15.6. The van der Waals surface area contributed by atoms with E-state index in [4.69, 9.17) is 5.11 Å². The number of amides is 1. The van der Waals surface area contributed by atoms with Crippen molar-refractivity contribution in [2.75, 3.05) is 11.1 Å². The van der Waals surface area contributed by atoms with E-state index in [2.05, 4.69) is 11.9 Å². The normalized spacial score (nSPS) is 21.0. The van der Waals surface area contributed by atoms with Crippen molar-refractivity contribution in [3.63, 3.8) is 0 Å². The number of para-hydroxylation sites is 1. The molecule has 0 radical (unpaired) electrons. The monoisotopic (exact) mass is 305 g/mol. The molecule has 1 amide bonds. The molecule has 0 aromatic heterocycles. The molecule has 1 aromatic carbocycles. The maximum absolute atomic E-state index is 12.3. The van der Waals surface area contributed by atoms with Gasteiger partial charge in [0.25, 0.3) is 0 Å². The highest BCUT2D eigenvalue weighted by molar-refractivity contribution is 7.99. The Hall–Kier alpha value is -1.75. The van der Waals surface area contributed by atoms with Crippen molar-refractivity contribution in [1.29, 1.82) is 0 Å². The average molecular weight is 305 g/mol. The second-order valence-corrected chi connectivity index (χ2v) is 6.19. The zero-order valence-corrected chi connectivity index (χ0v) is 12.6. The Balaban J connectivity index is 2.00.